The number of esters is 1. The van der Waals surface area contributed by atoms with Gasteiger partial charge in [0.15, 0.2) is 0 Å². The summed E-state index contributed by atoms with van der Waals surface area (Å²) in [6.07, 6.45) is 0.468. The fraction of sp³-hybridized carbons (Fsp3) is 0.700. The topological polar surface area (TPSA) is 75.7 Å². The molecule has 6 heteroatoms. The monoisotopic (exact) mass is 228 g/mol. The quantitative estimate of drug-likeness (QED) is 0.497. The number of likely N-dealkylation sites (N-methyl/N-ethyl adjacent to an activating group) is 1. The maximum atomic E-state index is 11.4. The smallest absolute Gasteiger partial charge is 0.324 e. The number of imide groups is 1. The van der Waals surface area contributed by atoms with E-state index in [0.29, 0.717) is 0 Å². The minimum atomic E-state index is -0.647. The van der Waals surface area contributed by atoms with E-state index in [1.54, 1.807) is 14.0 Å². The molecule has 1 aliphatic rings. The largest absolute Gasteiger partial charge is 0.465 e. The first kappa shape index (κ1) is 12.6. The van der Waals surface area contributed by atoms with Crippen LogP contribution in [0.25, 0.3) is 0 Å². The molecule has 1 rings (SSSR count). The van der Waals surface area contributed by atoms with Gasteiger partial charge in [0.2, 0.25) is 11.8 Å². The van der Waals surface area contributed by atoms with Gasteiger partial charge in [0.1, 0.15) is 6.04 Å². The lowest BCUT2D eigenvalue weighted by Crippen LogP contribution is -2.47. The van der Waals surface area contributed by atoms with Crippen LogP contribution in [0.2, 0.25) is 0 Å². The van der Waals surface area contributed by atoms with E-state index >= 15 is 0 Å². The molecule has 2 amide bonds. The molecule has 1 unspecified atom stereocenters. The highest BCUT2D eigenvalue weighted by Crippen LogP contribution is 2.12. The highest BCUT2D eigenvalue weighted by Gasteiger charge is 2.32. The number of nitrogens with one attached hydrogen (secondary N) is 1. The van der Waals surface area contributed by atoms with Crippen molar-refractivity contribution >= 4 is 17.8 Å². The highest BCUT2D eigenvalue weighted by molar-refractivity contribution is 6.02. The number of carbonyl (C=O) groups excluding carboxylic acids is 3. The normalized spacial score (nSPS) is 17.8. The molecule has 0 aromatic carbocycles. The van der Waals surface area contributed by atoms with Crippen LogP contribution in [0, 0.1) is 0 Å². The summed E-state index contributed by atoms with van der Waals surface area (Å²) in [6, 6.07) is -0.647. The third kappa shape index (κ3) is 2.79. The van der Waals surface area contributed by atoms with Gasteiger partial charge < -0.3 is 10.1 Å². The Morgan fingerprint density at radius 3 is 2.44 bits per heavy atom. The Hall–Kier alpha value is -1.43. The molecular weight excluding hydrogens is 212 g/mol. The molecule has 1 aliphatic heterocycles. The minimum Gasteiger partial charge on any atom is -0.465 e. The van der Waals surface area contributed by atoms with E-state index in [0.717, 1.165) is 4.90 Å². The fourth-order valence-corrected chi connectivity index (χ4v) is 1.54. The van der Waals surface area contributed by atoms with Crippen LogP contribution in [0.1, 0.15) is 19.8 Å². The zero-order valence-electron chi connectivity index (χ0n) is 9.49. The van der Waals surface area contributed by atoms with Gasteiger partial charge in [-0.15, -0.1) is 0 Å². The third-order valence-electron chi connectivity index (χ3n) is 2.44. The number of rotatable bonds is 5. The van der Waals surface area contributed by atoms with Crippen molar-refractivity contribution in [3.8, 4) is 0 Å². The van der Waals surface area contributed by atoms with E-state index in [1.807, 2.05) is 0 Å². The van der Waals surface area contributed by atoms with Crippen LogP contribution in [-0.2, 0) is 19.1 Å². The summed E-state index contributed by atoms with van der Waals surface area (Å²) in [5.74, 6) is -0.901. The Morgan fingerprint density at radius 1 is 1.44 bits per heavy atom. The predicted octanol–water partition coefficient (Wildman–Crippen LogP) is -0.713. The molecule has 0 aromatic rings. The molecule has 0 spiro atoms. The van der Waals surface area contributed by atoms with Gasteiger partial charge in [-0.05, 0) is 14.0 Å². The number of amides is 2. The van der Waals surface area contributed by atoms with Gasteiger partial charge in [-0.1, -0.05) is 0 Å². The first-order valence-corrected chi connectivity index (χ1v) is 5.27. The molecule has 0 radical (unpaired) electrons. The molecule has 1 saturated heterocycles. The predicted molar refractivity (Wildman–Crippen MR) is 55.4 cm³/mol. The third-order valence-corrected chi connectivity index (χ3v) is 2.44. The lowest BCUT2D eigenvalue weighted by atomic mass is 10.3. The summed E-state index contributed by atoms with van der Waals surface area (Å²) in [5.41, 5.74) is 0. The second-order valence-corrected chi connectivity index (χ2v) is 3.49. The van der Waals surface area contributed by atoms with Crippen LogP contribution in [0.5, 0.6) is 0 Å². The van der Waals surface area contributed by atoms with Crippen molar-refractivity contribution in [1.82, 2.24) is 10.2 Å². The summed E-state index contributed by atoms with van der Waals surface area (Å²) in [4.78, 5) is 35.2. The zero-order chi connectivity index (χ0) is 12.1. The van der Waals surface area contributed by atoms with E-state index in [4.69, 9.17) is 4.74 Å². The van der Waals surface area contributed by atoms with E-state index in [-0.39, 0.29) is 37.8 Å². The Morgan fingerprint density at radius 2 is 2.00 bits per heavy atom. The van der Waals surface area contributed by atoms with Gasteiger partial charge in [0, 0.05) is 12.8 Å². The maximum Gasteiger partial charge on any atom is 0.324 e. The maximum absolute atomic E-state index is 11.4. The molecule has 0 bridgehead atoms. The van der Waals surface area contributed by atoms with E-state index in [2.05, 4.69) is 5.32 Å². The Balaban J connectivity index is 2.59. The SMILES string of the molecule is CCOC(=O)C(CN1C(=O)CCC1=O)NC. The number of hydrogen-bond donors (Lipinski definition) is 1. The number of carbonyl (C=O) groups is 3. The summed E-state index contributed by atoms with van der Waals surface area (Å²) in [6.45, 7) is 2.03. The van der Waals surface area contributed by atoms with Crippen molar-refractivity contribution in [3.63, 3.8) is 0 Å². The summed E-state index contributed by atoms with van der Waals surface area (Å²) < 4.78 is 4.82. The Kier molecular flexibility index (Phi) is 4.42. The summed E-state index contributed by atoms with van der Waals surface area (Å²) >= 11 is 0. The average molecular weight is 228 g/mol. The van der Waals surface area contributed by atoms with Crippen LogP contribution < -0.4 is 5.32 Å². The van der Waals surface area contributed by atoms with E-state index in [1.165, 1.54) is 0 Å². The van der Waals surface area contributed by atoms with E-state index in [9.17, 15) is 14.4 Å². The molecule has 0 aromatic heterocycles. The highest BCUT2D eigenvalue weighted by atomic mass is 16.5. The molecule has 1 N–H and O–H groups in total. The van der Waals surface area contributed by atoms with Crippen molar-refractivity contribution in [3.05, 3.63) is 0 Å². The number of ether oxygens (including phenoxy) is 1. The number of likely N-dealkylation sites (tertiary alicyclic amines) is 1. The van der Waals surface area contributed by atoms with Gasteiger partial charge in [-0.3, -0.25) is 19.3 Å². The van der Waals surface area contributed by atoms with Crippen molar-refractivity contribution in [2.75, 3.05) is 20.2 Å². The van der Waals surface area contributed by atoms with E-state index < -0.39 is 12.0 Å². The molecular formula is C10H16N2O4. The molecule has 1 heterocycles. The lowest BCUT2D eigenvalue weighted by molar-refractivity contribution is -0.147. The van der Waals surface area contributed by atoms with Crippen LogP contribution in [0.15, 0.2) is 0 Å². The van der Waals surface area contributed by atoms with Crippen LogP contribution >= 0.6 is 0 Å². The average Bonchev–Trinajstić information content (AvgIpc) is 2.56. The summed E-state index contributed by atoms with van der Waals surface area (Å²) in [7, 11) is 1.59. The minimum absolute atomic E-state index is 0.0486. The summed E-state index contributed by atoms with van der Waals surface area (Å²) in [5, 5.41) is 2.73. The molecule has 0 aliphatic carbocycles. The van der Waals surface area contributed by atoms with Crippen molar-refractivity contribution < 1.29 is 19.1 Å². The number of hydrogen-bond acceptors (Lipinski definition) is 5. The zero-order valence-corrected chi connectivity index (χ0v) is 9.49. The van der Waals surface area contributed by atoms with Crippen LogP contribution in [0.4, 0.5) is 0 Å². The standard InChI is InChI=1S/C10H16N2O4/c1-3-16-10(15)7(11-2)6-12-8(13)4-5-9(12)14/h7,11H,3-6H2,1-2H3. The van der Waals surface area contributed by atoms with Gasteiger partial charge in [0.05, 0.1) is 13.2 Å². The van der Waals surface area contributed by atoms with Crippen molar-refractivity contribution in [2.45, 2.75) is 25.8 Å². The van der Waals surface area contributed by atoms with Gasteiger partial charge in [-0.25, -0.2) is 0 Å². The number of nitrogens with zero attached hydrogens (tertiary/aromatic N) is 1. The second kappa shape index (κ2) is 5.60. The molecule has 0 saturated carbocycles. The second-order valence-electron chi connectivity index (χ2n) is 3.49. The lowest BCUT2D eigenvalue weighted by Gasteiger charge is -2.20. The van der Waals surface area contributed by atoms with Gasteiger partial charge >= 0.3 is 5.97 Å². The fourth-order valence-electron chi connectivity index (χ4n) is 1.54. The molecule has 1 atom stereocenters. The molecule has 1 fully saturated rings. The van der Waals surface area contributed by atoms with Crippen LogP contribution in [0.3, 0.4) is 0 Å². The Bertz CT molecular complexity index is 287. The van der Waals surface area contributed by atoms with Gasteiger partial charge in [-0.2, -0.15) is 0 Å². The molecule has 90 valence electrons. The van der Waals surface area contributed by atoms with Crippen molar-refractivity contribution in [1.29, 1.82) is 0 Å². The first-order chi connectivity index (χ1) is 7.60. The molecule has 16 heavy (non-hydrogen) atoms. The molecule has 6 nitrogen and oxygen atoms in total. The first-order valence-electron chi connectivity index (χ1n) is 5.27. The Labute approximate surface area is 93.9 Å². The van der Waals surface area contributed by atoms with Crippen molar-refractivity contribution in [2.24, 2.45) is 0 Å². The van der Waals surface area contributed by atoms with Gasteiger partial charge in [0.25, 0.3) is 0 Å². The van der Waals surface area contributed by atoms with Crippen LogP contribution in [-0.4, -0.2) is 48.9 Å².